The number of thiazole rings is 1. The van der Waals surface area contributed by atoms with E-state index in [1.54, 1.807) is 16.2 Å². The van der Waals surface area contributed by atoms with Crippen LogP contribution in [0.15, 0.2) is 18.2 Å². The number of fused-ring (bicyclic) bond motifs is 1. The lowest BCUT2D eigenvalue weighted by Gasteiger charge is -2.33. The fourth-order valence-corrected chi connectivity index (χ4v) is 3.87. The van der Waals surface area contributed by atoms with Gasteiger partial charge in [-0.25, -0.2) is 14.6 Å². The number of ether oxygens (including phenoxy) is 1. The van der Waals surface area contributed by atoms with Crippen LogP contribution in [0, 0.1) is 6.92 Å². The zero-order valence-electron chi connectivity index (χ0n) is 16.2. The molecule has 0 aliphatic carbocycles. The Balaban J connectivity index is 1.48. The van der Waals surface area contributed by atoms with Crippen LogP contribution in [-0.4, -0.2) is 46.7 Å². The summed E-state index contributed by atoms with van der Waals surface area (Å²) in [5, 5.41) is 6.87. The van der Waals surface area contributed by atoms with Crippen molar-refractivity contribution in [1.82, 2.24) is 15.2 Å². The maximum atomic E-state index is 12.3. The maximum absolute atomic E-state index is 12.3. The van der Waals surface area contributed by atoms with Gasteiger partial charge in [-0.3, -0.25) is 0 Å². The minimum absolute atomic E-state index is 0.0399. The Morgan fingerprint density at radius 2 is 1.96 bits per heavy atom. The van der Waals surface area contributed by atoms with Crippen molar-refractivity contribution in [3.63, 3.8) is 0 Å². The molecule has 1 aromatic heterocycles. The van der Waals surface area contributed by atoms with Crippen LogP contribution in [0.3, 0.4) is 0 Å². The summed E-state index contributed by atoms with van der Waals surface area (Å²) in [6.45, 7) is 8.68. The second kappa shape index (κ2) is 7.72. The van der Waals surface area contributed by atoms with Crippen molar-refractivity contribution in [2.24, 2.45) is 0 Å². The van der Waals surface area contributed by atoms with E-state index in [0.717, 1.165) is 20.9 Å². The third-order valence-corrected chi connectivity index (χ3v) is 5.17. The van der Waals surface area contributed by atoms with Crippen LogP contribution in [0.25, 0.3) is 10.2 Å². The van der Waals surface area contributed by atoms with E-state index in [9.17, 15) is 9.59 Å². The maximum Gasteiger partial charge on any atom is 0.410 e. The van der Waals surface area contributed by atoms with Gasteiger partial charge in [0, 0.05) is 24.8 Å². The number of hydrogen-bond donors (Lipinski definition) is 2. The molecular formula is C19H26N4O3S. The molecule has 0 saturated carbocycles. The third-order valence-electron chi connectivity index (χ3n) is 4.24. The number of aromatic nitrogens is 1. The number of benzene rings is 1. The molecule has 0 spiro atoms. The number of urea groups is 1. The summed E-state index contributed by atoms with van der Waals surface area (Å²) in [7, 11) is 0. The van der Waals surface area contributed by atoms with Crippen LogP contribution in [0.5, 0.6) is 0 Å². The number of nitrogens with zero attached hydrogens (tertiary/aromatic N) is 2. The number of rotatable bonds is 2. The van der Waals surface area contributed by atoms with Crippen molar-refractivity contribution < 1.29 is 14.3 Å². The summed E-state index contributed by atoms with van der Waals surface area (Å²) in [6.07, 6.45) is 1.12. The van der Waals surface area contributed by atoms with Crippen molar-refractivity contribution in [2.75, 3.05) is 18.4 Å². The first-order valence-corrected chi connectivity index (χ1v) is 9.94. The molecule has 2 N–H and O–H groups in total. The van der Waals surface area contributed by atoms with Crippen molar-refractivity contribution in [3.05, 3.63) is 23.2 Å². The minimum Gasteiger partial charge on any atom is -0.444 e. The van der Waals surface area contributed by atoms with Crippen LogP contribution in [-0.2, 0) is 4.74 Å². The lowest BCUT2D eigenvalue weighted by molar-refractivity contribution is 0.0202. The quantitative estimate of drug-likeness (QED) is 0.808. The van der Waals surface area contributed by atoms with E-state index in [0.29, 0.717) is 25.9 Å². The van der Waals surface area contributed by atoms with Gasteiger partial charge < -0.3 is 20.3 Å². The van der Waals surface area contributed by atoms with Gasteiger partial charge in [-0.05, 0) is 58.7 Å². The Morgan fingerprint density at radius 1 is 1.26 bits per heavy atom. The molecule has 146 valence electrons. The Kier molecular flexibility index (Phi) is 5.55. The van der Waals surface area contributed by atoms with Gasteiger partial charge in [-0.1, -0.05) is 0 Å². The number of carbonyl (C=O) groups excluding carboxylic acids is 2. The molecule has 27 heavy (non-hydrogen) atoms. The summed E-state index contributed by atoms with van der Waals surface area (Å²) < 4.78 is 6.44. The van der Waals surface area contributed by atoms with Gasteiger partial charge in [0.25, 0.3) is 0 Å². The van der Waals surface area contributed by atoms with Crippen LogP contribution < -0.4 is 10.6 Å². The van der Waals surface area contributed by atoms with E-state index >= 15 is 0 Å². The van der Waals surface area contributed by atoms with Gasteiger partial charge in [-0.2, -0.15) is 0 Å². The molecule has 0 unspecified atom stereocenters. The number of piperidine rings is 1. The van der Waals surface area contributed by atoms with E-state index in [2.05, 4.69) is 15.6 Å². The zero-order chi connectivity index (χ0) is 19.6. The molecule has 3 amide bonds. The Morgan fingerprint density at radius 3 is 2.63 bits per heavy atom. The fraction of sp³-hybridized carbons (Fsp3) is 0.526. The summed E-state index contributed by atoms with van der Waals surface area (Å²) in [5.74, 6) is 0. The van der Waals surface area contributed by atoms with Crippen LogP contribution in [0.1, 0.15) is 38.6 Å². The number of carbonyl (C=O) groups is 2. The summed E-state index contributed by atoms with van der Waals surface area (Å²) in [4.78, 5) is 30.5. The molecule has 7 nitrogen and oxygen atoms in total. The predicted molar refractivity (Wildman–Crippen MR) is 107 cm³/mol. The predicted octanol–water partition coefficient (Wildman–Crippen LogP) is 4.13. The molecule has 1 aromatic carbocycles. The van der Waals surface area contributed by atoms with Gasteiger partial charge >= 0.3 is 12.1 Å². The highest BCUT2D eigenvalue weighted by atomic mass is 32.1. The second-order valence-corrected chi connectivity index (χ2v) is 8.99. The largest absolute Gasteiger partial charge is 0.444 e. The molecule has 0 bridgehead atoms. The number of hydrogen-bond acceptors (Lipinski definition) is 5. The fourth-order valence-electron chi connectivity index (χ4n) is 3.00. The Labute approximate surface area is 163 Å². The van der Waals surface area contributed by atoms with Crippen molar-refractivity contribution in [3.8, 4) is 0 Å². The molecule has 0 radical (unpaired) electrons. The van der Waals surface area contributed by atoms with Crippen molar-refractivity contribution >= 4 is 39.4 Å². The molecule has 1 saturated heterocycles. The van der Waals surface area contributed by atoms with Gasteiger partial charge in [-0.15, -0.1) is 11.3 Å². The number of nitrogens with one attached hydrogen (secondary N) is 2. The van der Waals surface area contributed by atoms with E-state index in [-0.39, 0.29) is 18.2 Å². The average Bonchev–Trinajstić information content (AvgIpc) is 2.93. The van der Waals surface area contributed by atoms with Crippen LogP contribution >= 0.6 is 11.3 Å². The second-order valence-electron chi connectivity index (χ2n) is 7.76. The highest BCUT2D eigenvalue weighted by Crippen LogP contribution is 2.24. The lowest BCUT2D eigenvalue weighted by Crippen LogP contribution is -2.48. The zero-order valence-corrected chi connectivity index (χ0v) is 17.0. The number of aryl methyl sites for hydroxylation is 1. The molecule has 1 fully saturated rings. The van der Waals surface area contributed by atoms with Crippen molar-refractivity contribution in [2.45, 2.75) is 52.2 Å². The smallest absolute Gasteiger partial charge is 0.410 e. The SMILES string of the molecule is Cc1nc2ccc(NC(=O)NC3CCN(C(=O)OC(C)(C)C)CC3)cc2s1. The lowest BCUT2D eigenvalue weighted by atomic mass is 10.1. The molecular weight excluding hydrogens is 364 g/mol. The first kappa shape index (κ1) is 19.4. The molecule has 3 rings (SSSR count). The highest BCUT2D eigenvalue weighted by molar-refractivity contribution is 7.18. The topological polar surface area (TPSA) is 83.6 Å². The minimum atomic E-state index is -0.496. The van der Waals surface area contributed by atoms with E-state index in [4.69, 9.17) is 4.74 Å². The molecule has 2 aromatic rings. The van der Waals surface area contributed by atoms with Gasteiger partial charge in [0.05, 0.1) is 15.2 Å². The highest BCUT2D eigenvalue weighted by Gasteiger charge is 2.27. The summed E-state index contributed by atoms with van der Waals surface area (Å²) in [5.41, 5.74) is 1.19. The van der Waals surface area contributed by atoms with Crippen LogP contribution in [0.4, 0.5) is 15.3 Å². The van der Waals surface area contributed by atoms with Gasteiger partial charge in [0.2, 0.25) is 0 Å². The number of likely N-dealkylation sites (tertiary alicyclic amines) is 1. The van der Waals surface area contributed by atoms with E-state index in [1.807, 2.05) is 45.9 Å². The Hall–Kier alpha value is -2.35. The van der Waals surface area contributed by atoms with Gasteiger partial charge in [0.15, 0.2) is 0 Å². The molecule has 1 aliphatic heterocycles. The Bertz CT molecular complexity index is 835. The normalized spacial score (nSPS) is 15.6. The molecule has 8 heteroatoms. The summed E-state index contributed by atoms with van der Waals surface area (Å²) in [6, 6.07) is 5.51. The first-order chi connectivity index (χ1) is 12.7. The average molecular weight is 391 g/mol. The van der Waals surface area contributed by atoms with E-state index in [1.165, 1.54) is 0 Å². The number of amides is 3. The third kappa shape index (κ3) is 5.32. The first-order valence-electron chi connectivity index (χ1n) is 9.12. The molecule has 1 aliphatic rings. The van der Waals surface area contributed by atoms with E-state index < -0.39 is 5.60 Å². The number of anilines is 1. The van der Waals surface area contributed by atoms with Crippen LogP contribution in [0.2, 0.25) is 0 Å². The standard InChI is InChI=1S/C19H26N4O3S/c1-12-20-15-6-5-14(11-16(15)27-12)22-17(24)21-13-7-9-23(10-8-13)18(25)26-19(2,3)4/h5-6,11,13H,7-10H2,1-4H3,(H2,21,22,24). The molecule has 2 heterocycles. The van der Waals surface area contributed by atoms with Gasteiger partial charge in [0.1, 0.15) is 5.60 Å². The van der Waals surface area contributed by atoms with Crippen molar-refractivity contribution in [1.29, 1.82) is 0 Å². The molecule has 0 atom stereocenters. The monoisotopic (exact) mass is 390 g/mol. The summed E-state index contributed by atoms with van der Waals surface area (Å²) >= 11 is 1.60.